The number of carbonyl (C=O) groups excluding carboxylic acids is 1. The molecule has 0 heterocycles. The Balaban J connectivity index is 2.27. The van der Waals surface area contributed by atoms with Gasteiger partial charge in [-0.2, -0.15) is 5.26 Å². The first-order valence-corrected chi connectivity index (χ1v) is 7.79. The summed E-state index contributed by atoms with van der Waals surface area (Å²) in [6, 6.07) is 11.4. The molecule has 0 fully saturated rings. The largest absolute Gasteiger partial charge is 0.495 e. The highest BCUT2D eigenvalue weighted by Crippen LogP contribution is 2.27. The Hall–Kier alpha value is -2.19. The minimum Gasteiger partial charge on any atom is -0.495 e. The van der Waals surface area contributed by atoms with Gasteiger partial charge in [0.15, 0.2) is 0 Å². The third-order valence-electron chi connectivity index (χ3n) is 3.03. The van der Waals surface area contributed by atoms with Gasteiger partial charge in [-0.15, -0.1) is 0 Å². The summed E-state index contributed by atoms with van der Waals surface area (Å²) < 4.78 is 5.06. The number of carbonyl (C=O) groups is 1. The van der Waals surface area contributed by atoms with Gasteiger partial charge in [0.05, 0.1) is 22.8 Å². The van der Waals surface area contributed by atoms with E-state index in [1.54, 1.807) is 30.3 Å². The third-order valence-corrected chi connectivity index (χ3v) is 3.89. The van der Waals surface area contributed by atoms with Crippen molar-refractivity contribution >= 4 is 52.5 Å². The standard InChI is InChI=1S/C17H11Cl3N2O2/c1-24-16-5-2-10(7-14(16)20)6-11(9-21)17(23)22-15-8-12(18)3-4-13(15)19/h2-8H,1H3,(H,22,23)/b11-6+. The highest BCUT2D eigenvalue weighted by Gasteiger charge is 2.12. The molecule has 2 aromatic carbocycles. The maximum Gasteiger partial charge on any atom is 0.266 e. The van der Waals surface area contributed by atoms with Gasteiger partial charge in [0, 0.05) is 5.02 Å². The molecule has 1 N–H and O–H groups in total. The van der Waals surface area contributed by atoms with Crippen LogP contribution in [-0.4, -0.2) is 13.0 Å². The average Bonchev–Trinajstić information content (AvgIpc) is 2.56. The van der Waals surface area contributed by atoms with Crippen molar-refractivity contribution in [3.05, 3.63) is 62.6 Å². The molecule has 0 aromatic heterocycles. The van der Waals surface area contributed by atoms with Crippen LogP contribution in [0.5, 0.6) is 5.75 Å². The second-order valence-electron chi connectivity index (χ2n) is 4.64. The van der Waals surface area contributed by atoms with E-state index in [4.69, 9.17) is 39.5 Å². The molecular weight excluding hydrogens is 371 g/mol. The lowest BCUT2D eigenvalue weighted by Crippen LogP contribution is -2.13. The van der Waals surface area contributed by atoms with E-state index in [9.17, 15) is 10.1 Å². The summed E-state index contributed by atoms with van der Waals surface area (Å²) in [5.74, 6) is -0.101. The van der Waals surface area contributed by atoms with E-state index < -0.39 is 5.91 Å². The van der Waals surface area contributed by atoms with E-state index >= 15 is 0 Å². The predicted molar refractivity (Wildman–Crippen MR) is 96.7 cm³/mol. The van der Waals surface area contributed by atoms with Gasteiger partial charge in [0.2, 0.25) is 0 Å². The van der Waals surface area contributed by atoms with Gasteiger partial charge in [-0.25, -0.2) is 0 Å². The summed E-state index contributed by atoms with van der Waals surface area (Å²) in [6.07, 6.45) is 1.42. The molecule has 0 bridgehead atoms. The van der Waals surface area contributed by atoms with Crippen molar-refractivity contribution in [1.82, 2.24) is 0 Å². The van der Waals surface area contributed by atoms with E-state index in [0.29, 0.717) is 32.1 Å². The number of nitriles is 1. The number of hydrogen-bond acceptors (Lipinski definition) is 3. The van der Waals surface area contributed by atoms with Gasteiger partial charge in [-0.05, 0) is 42.0 Å². The van der Waals surface area contributed by atoms with Gasteiger partial charge in [0.25, 0.3) is 5.91 Å². The fraction of sp³-hybridized carbons (Fsp3) is 0.0588. The van der Waals surface area contributed by atoms with Crippen LogP contribution in [-0.2, 0) is 4.79 Å². The molecule has 2 aromatic rings. The smallest absolute Gasteiger partial charge is 0.266 e. The maximum absolute atomic E-state index is 12.3. The molecule has 0 saturated heterocycles. The number of hydrogen-bond donors (Lipinski definition) is 1. The van der Waals surface area contributed by atoms with Crippen LogP contribution in [0, 0.1) is 11.3 Å². The van der Waals surface area contributed by atoms with Crippen LogP contribution < -0.4 is 10.1 Å². The van der Waals surface area contributed by atoms with E-state index in [1.165, 1.54) is 19.3 Å². The van der Waals surface area contributed by atoms with E-state index in [1.807, 2.05) is 6.07 Å². The first-order valence-electron chi connectivity index (χ1n) is 6.66. The summed E-state index contributed by atoms with van der Waals surface area (Å²) in [5, 5.41) is 12.9. The second kappa shape index (κ2) is 8.07. The number of halogens is 3. The first-order chi connectivity index (χ1) is 11.4. The number of methoxy groups -OCH3 is 1. The Morgan fingerprint density at radius 3 is 2.54 bits per heavy atom. The molecule has 0 aliphatic rings. The van der Waals surface area contributed by atoms with Gasteiger partial charge in [0.1, 0.15) is 17.4 Å². The zero-order chi connectivity index (χ0) is 17.7. The summed E-state index contributed by atoms with van der Waals surface area (Å²) in [6.45, 7) is 0. The van der Waals surface area contributed by atoms with Crippen molar-refractivity contribution in [2.24, 2.45) is 0 Å². The molecule has 0 unspecified atom stereocenters. The molecule has 0 aliphatic heterocycles. The Labute approximate surface area is 154 Å². The molecule has 7 heteroatoms. The molecule has 0 aliphatic carbocycles. The Morgan fingerprint density at radius 2 is 1.92 bits per heavy atom. The SMILES string of the molecule is COc1ccc(/C=C(\C#N)C(=O)Nc2cc(Cl)ccc2Cl)cc1Cl. The number of anilines is 1. The Kier molecular flexibility index (Phi) is 6.10. The lowest BCUT2D eigenvalue weighted by atomic mass is 10.1. The van der Waals surface area contributed by atoms with Crippen LogP contribution >= 0.6 is 34.8 Å². The number of nitrogens with one attached hydrogen (secondary N) is 1. The van der Waals surface area contributed by atoms with E-state index in [-0.39, 0.29) is 5.57 Å². The summed E-state index contributed by atoms with van der Waals surface area (Å²) in [4.78, 5) is 12.3. The molecule has 4 nitrogen and oxygen atoms in total. The minimum atomic E-state index is -0.603. The molecular formula is C17H11Cl3N2O2. The fourth-order valence-corrected chi connectivity index (χ4v) is 2.47. The number of nitrogens with zero attached hydrogens (tertiary/aromatic N) is 1. The number of amides is 1. The van der Waals surface area contributed by atoms with Crippen LogP contribution in [0.4, 0.5) is 5.69 Å². The zero-order valence-electron chi connectivity index (χ0n) is 12.4. The monoisotopic (exact) mass is 380 g/mol. The molecule has 24 heavy (non-hydrogen) atoms. The highest BCUT2D eigenvalue weighted by atomic mass is 35.5. The molecule has 0 spiro atoms. The number of ether oxygens (including phenoxy) is 1. The second-order valence-corrected chi connectivity index (χ2v) is 5.89. The molecule has 2 rings (SSSR count). The van der Waals surface area contributed by atoms with Crippen molar-refractivity contribution in [3.8, 4) is 11.8 Å². The quantitative estimate of drug-likeness (QED) is 0.585. The Bertz CT molecular complexity index is 857. The number of rotatable bonds is 4. The lowest BCUT2D eigenvalue weighted by molar-refractivity contribution is -0.112. The Morgan fingerprint density at radius 1 is 1.17 bits per heavy atom. The maximum atomic E-state index is 12.3. The predicted octanol–water partition coefficient (Wildman–Crippen LogP) is 5.20. The van der Waals surface area contributed by atoms with Crippen LogP contribution in [0.2, 0.25) is 15.1 Å². The normalized spacial score (nSPS) is 10.9. The van der Waals surface area contributed by atoms with Crippen LogP contribution in [0.25, 0.3) is 6.08 Å². The lowest BCUT2D eigenvalue weighted by Gasteiger charge is -2.07. The van der Waals surface area contributed by atoms with Gasteiger partial charge in [-0.1, -0.05) is 40.9 Å². The molecule has 0 atom stereocenters. The summed E-state index contributed by atoms with van der Waals surface area (Å²) in [7, 11) is 1.50. The van der Waals surface area contributed by atoms with Crippen LogP contribution in [0.1, 0.15) is 5.56 Å². The molecule has 122 valence electrons. The molecule has 1 amide bonds. The van der Waals surface area contributed by atoms with Gasteiger partial charge >= 0.3 is 0 Å². The summed E-state index contributed by atoms with van der Waals surface area (Å²) in [5.41, 5.74) is 0.806. The van der Waals surface area contributed by atoms with Gasteiger partial charge < -0.3 is 10.1 Å². The first kappa shape index (κ1) is 18.2. The third kappa shape index (κ3) is 4.42. The fourth-order valence-electron chi connectivity index (χ4n) is 1.87. The minimum absolute atomic E-state index is 0.104. The number of benzene rings is 2. The van der Waals surface area contributed by atoms with Crippen LogP contribution in [0.3, 0.4) is 0 Å². The van der Waals surface area contributed by atoms with Crippen molar-refractivity contribution in [3.63, 3.8) is 0 Å². The van der Waals surface area contributed by atoms with E-state index in [0.717, 1.165) is 0 Å². The van der Waals surface area contributed by atoms with Crippen molar-refractivity contribution in [2.75, 3.05) is 12.4 Å². The van der Waals surface area contributed by atoms with Crippen LogP contribution in [0.15, 0.2) is 42.0 Å². The van der Waals surface area contributed by atoms with E-state index in [2.05, 4.69) is 5.32 Å². The van der Waals surface area contributed by atoms with Crippen molar-refractivity contribution in [1.29, 1.82) is 5.26 Å². The molecule has 0 saturated carbocycles. The van der Waals surface area contributed by atoms with Crippen molar-refractivity contribution in [2.45, 2.75) is 0 Å². The zero-order valence-corrected chi connectivity index (χ0v) is 14.7. The van der Waals surface area contributed by atoms with Gasteiger partial charge in [-0.3, -0.25) is 4.79 Å². The topological polar surface area (TPSA) is 62.1 Å². The molecule has 0 radical (unpaired) electrons. The highest BCUT2D eigenvalue weighted by molar-refractivity contribution is 6.36. The average molecular weight is 382 g/mol. The van der Waals surface area contributed by atoms with Crippen molar-refractivity contribution < 1.29 is 9.53 Å². The summed E-state index contributed by atoms with van der Waals surface area (Å²) >= 11 is 17.9.